The molecule has 0 aromatic rings. The summed E-state index contributed by atoms with van der Waals surface area (Å²) in [7, 11) is 1.11. The molecule has 0 fully saturated rings. The van der Waals surface area contributed by atoms with Crippen LogP contribution in [0.4, 0.5) is 0 Å². The van der Waals surface area contributed by atoms with Crippen molar-refractivity contribution >= 4 is 19.8 Å². The highest BCUT2D eigenvalue weighted by Gasteiger charge is 2.21. The molecule has 10 heteroatoms. The highest BCUT2D eigenvalue weighted by atomic mass is 31.2. The second-order valence-electron chi connectivity index (χ2n) is 15.0. The summed E-state index contributed by atoms with van der Waals surface area (Å²) in [4.78, 5) is 37.5. The Labute approximate surface area is 341 Å². The van der Waals surface area contributed by atoms with Gasteiger partial charge in [-0.05, 0) is 89.9 Å². The second kappa shape index (κ2) is 37.7. The number of rotatable bonds is 37. The molecule has 0 N–H and O–H groups in total. The molecule has 0 aromatic carbocycles. The summed E-state index contributed by atoms with van der Waals surface area (Å²) in [5.41, 5.74) is 0. The fraction of sp³-hybridized carbons (Fsp3) is 0.652. The Morgan fingerprint density at radius 3 is 1.54 bits per heavy atom. The first kappa shape index (κ1) is 53.2. The van der Waals surface area contributed by atoms with Gasteiger partial charge in [-0.25, -0.2) is 0 Å². The van der Waals surface area contributed by atoms with Crippen molar-refractivity contribution < 1.29 is 42.1 Å². The van der Waals surface area contributed by atoms with Gasteiger partial charge < -0.3 is 27.9 Å². The van der Waals surface area contributed by atoms with E-state index in [1.165, 1.54) is 25.7 Å². The van der Waals surface area contributed by atoms with Crippen molar-refractivity contribution in [2.45, 2.75) is 148 Å². The molecule has 0 radical (unpaired) electrons. The number of phosphoric ester groups is 1. The number of esters is 2. The van der Waals surface area contributed by atoms with Gasteiger partial charge in [-0.3, -0.25) is 14.2 Å². The number of hydrogen-bond donors (Lipinski definition) is 0. The minimum atomic E-state index is -4.65. The lowest BCUT2D eigenvalue weighted by molar-refractivity contribution is -0.870. The number of carbonyl (C=O) groups is 2. The molecular weight excluding hydrogens is 725 g/mol. The van der Waals surface area contributed by atoms with Crippen LogP contribution in [0, 0.1) is 0 Å². The number of nitrogens with zero attached hydrogens (tertiary/aromatic N) is 1. The van der Waals surface area contributed by atoms with E-state index in [0.717, 1.165) is 77.0 Å². The Balaban J connectivity index is 4.51. The standard InChI is InChI=1S/C46H78NO8P/c1-6-8-10-12-14-16-18-20-22-23-25-26-28-30-32-34-36-38-45(48)52-42-44(43-54-56(50,51)53-41-40-47(3,4)5)55-46(49)39-37-35-33-31-29-27-24-21-19-17-15-13-11-9-7-2/h9,11,14-17,20-22,24-26,29,31,44H,6-8,10,12-13,18-19,23,27-28,30,32-43H2,1-5H3/b11-9-,16-14-,17-15-,22-20-,24-21-,26-25-,31-29-/t44-/m1/s1. The molecule has 0 bridgehead atoms. The maximum absolute atomic E-state index is 12.6. The van der Waals surface area contributed by atoms with Crippen LogP contribution in [0.3, 0.4) is 0 Å². The summed E-state index contributed by atoms with van der Waals surface area (Å²) < 4.78 is 33.8. The van der Waals surface area contributed by atoms with Crippen molar-refractivity contribution in [1.29, 1.82) is 0 Å². The van der Waals surface area contributed by atoms with Crippen molar-refractivity contribution in [3.63, 3.8) is 0 Å². The summed E-state index contributed by atoms with van der Waals surface area (Å²) >= 11 is 0. The topological polar surface area (TPSA) is 111 Å². The molecular formula is C46H78NO8P. The molecule has 0 spiro atoms. The number of unbranched alkanes of at least 4 members (excludes halogenated alkanes) is 9. The minimum Gasteiger partial charge on any atom is -0.756 e. The van der Waals surface area contributed by atoms with Crippen molar-refractivity contribution in [2.24, 2.45) is 0 Å². The lowest BCUT2D eigenvalue weighted by Crippen LogP contribution is -2.37. The zero-order valence-corrected chi connectivity index (χ0v) is 36.7. The first-order valence-corrected chi connectivity index (χ1v) is 22.8. The Morgan fingerprint density at radius 2 is 1.02 bits per heavy atom. The van der Waals surface area contributed by atoms with Crippen LogP contribution < -0.4 is 4.89 Å². The van der Waals surface area contributed by atoms with E-state index in [4.69, 9.17) is 18.5 Å². The summed E-state index contributed by atoms with van der Waals surface area (Å²) in [5, 5.41) is 0. The fourth-order valence-corrected chi connectivity index (χ4v) is 5.79. The third-order valence-corrected chi connectivity index (χ3v) is 9.36. The highest BCUT2D eigenvalue weighted by molar-refractivity contribution is 7.45. The minimum absolute atomic E-state index is 0.0476. The van der Waals surface area contributed by atoms with E-state index in [-0.39, 0.29) is 26.1 Å². The normalized spacial score (nSPS) is 14.5. The summed E-state index contributed by atoms with van der Waals surface area (Å²) in [6, 6.07) is 0. The van der Waals surface area contributed by atoms with Crippen LogP contribution in [0.1, 0.15) is 142 Å². The van der Waals surface area contributed by atoms with Gasteiger partial charge in [-0.2, -0.15) is 0 Å². The lowest BCUT2D eigenvalue weighted by Gasteiger charge is -2.28. The zero-order chi connectivity index (χ0) is 41.4. The summed E-state index contributed by atoms with van der Waals surface area (Å²) in [5.74, 6) is -0.919. The molecule has 9 nitrogen and oxygen atoms in total. The largest absolute Gasteiger partial charge is 0.756 e. The van der Waals surface area contributed by atoms with Crippen LogP contribution in [0.5, 0.6) is 0 Å². The second-order valence-corrected chi connectivity index (χ2v) is 16.4. The number of hydrogen-bond acceptors (Lipinski definition) is 8. The molecule has 0 rings (SSSR count). The zero-order valence-electron chi connectivity index (χ0n) is 35.8. The van der Waals surface area contributed by atoms with Gasteiger partial charge in [0, 0.05) is 12.8 Å². The van der Waals surface area contributed by atoms with Gasteiger partial charge in [-0.1, -0.05) is 125 Å². The van der Waals surface area contributed by atoms with Gasteiger partial charge in [-0.15, -0.1) is 0 Å². The highest BCUT2D eigenvalue weighted by Crippen LogP contribution is 2.38. The molecule has 2 atom stereocenters. The van der Waals surface area contributed by atoms with Gasteiger partial charge in [0.2, 0.25) is 0 Å². The van der Waals surface area contributed by atoms with E-state index in [1.54, 1.807) is 0 Å². The van der Waals surface area contributed by atoms with Crippen molar-refractivity contribution in [3.05, 3.63) is 85.1 Å². The SMILES string of the molecule is CC/C=C\C/C=C\C/C=C\C/C=C\CCCCC(=O)O[C@H](COC(=O)CCCCCC/C=C\C/C=C\C/C=C\CCCCC)COP(=O)([O-])OCC[N+](C)(C)C. The molecule has 320 valence electrons. The molecule has 0 saturated heterocycles. The molecule has 56 heavy (non-hydrogen) atoms. The van der Waals surface area contributed by atoms with Gasteiger partial charge in [0.25, 0.3) is 7.82 Å². The van der Waals surface area contributed by atoms with E-state index < -0.39 is 32.5 Å². The van der Waals surface area contributed by atoms with Gasteiger partial charge in [0.1, 0.15) is 19.8 Å². The maximum Gasteiger partial charge on any atom is 0.306 e. The van der Waals surface area contributed by atoms with Crippen LogP contribution in [0.2, 0.25) is 0 Å². The predicted molar refractivity (Wildman–Crippen MR) is 231 cm³/mol. The number of likely N-dealkylation sites (N-methyl/N-ethyl adjacent to an activating group) is 1. The monoisotopic (exact) mass is 804 g/mol. The van der Waals surface area contributed by atoms with E-state index in [0.29, 0.717) is 23.9 Å². The van der Waals surface area contributed by atoms with Crippen LogP contribution >= 0.6 is 7.82 Å². The smallest absolute Gasteiger partial charge is 0.306 e. The number of allylic oxidation sites excluding steroid dienone is 14. The molecule has 0 aromatic heterocycles. The quantitative estimate of drug-likeness (QED) is 0.0201. The molecule has 0 heterocycles. The molecule has 0 saturated carbocycles. The Bertz CT molecular complexity index is 1230. The fourth-order valence-electron chi connectivity index (χ4n) is 5.06. The van der Waals surface area contributed by atoms with Crippen LogP contribution in [-0.2, 0) is 32.7 Å². The number of quaternary nitrogens is 1. The maximum atomic E-state index is 12.6. The van der Waals surface area contributed by atoms with E-state index in [2.05, 4.69) is 98.9 Å². The summed E-state index contributed by atoms with van der Waals surface area (Å²) in [6.07, 6.45) is 47.6. The number of carbonyl (C=O) groups excluding carboxylic acids is 2. The first-order chi connectivity index (χ1) is 27.0. The van der Waals surface area contributed by atoms with Crippen LogP contribution in [0.15, 0.2) is 85.1 Å². The number of phosphoric acid groups is 1. The van der Waals surface area contributed by atoms with Gasteiger partial charge in [0.15, 0.2) is 6.10 Å². The molecule has 0 aliphatic heterocycles. The predicted octanol–water partition coefficient (Wildman–Crippen LogP) is 11.4. The molecule has 1 unspecified atom stereocenters. The van der Waals surface area contributed by atoms with Crippen molar-refractivity contribution in [1.82, 2.24) is 0 Å². The molecule has 0 amide bonds. The third-order valence-electron chi connectivity index (χ3n) is 8.40. The molecule has 0 aliphatic carbocycles. The van der Waals surface area contributed by atoms with E-state index in [9.17, 15) is 19.0 Å². The summed E-state index contributed by atoms with van der Waals surface area (Å²) in [6.45, 7) is 3.98. The van der Waals surface area contributed by atoms with Crippen LogP contribution in [0.25, 0.3) is 0 Å². The van der Waals surface area contributed by atoms with Crippen molar-refractivity contribution in [3.8, 4) is 0 Å². The van der Waals surface area contributed by atoms with Gasteiger partial charge in [0.05, 0.1) is 27.7 Å². The van der Waals surface area contributed by atoms with E-state index in [1.807, 2.05) is 21.1 Å². The Kier molecular flexibility index (Phi) is 35.9. The first-order valence-electron chi connectivity index (χ1n) is 21.3. The Hall–Kier alpha value is -2.81. The number of ether oxygens (including phenoxy) is 2. The van der Waals surface area contributed by atoms with Crippen molar-refractivity contribution in [2.75, 3.05) is 47.5 Å². The average molecular weight is 804 g/mol. The van der Waals surface area contributed by atoms with Gasteiger partial charge >= 0.3 is 11.9 Å². The Morgan fingerprint density at radius 1 is 0.571 bits per heavy atom. The lowest BCUT2D eigenvalue weighted by atomic mass is 10.1. The third kappa shape index (κ3) is 40.8. The van der Waals surface area contributed by atoms with Crippen LogP contribution in [-0.4, -0.2) is 70.0 Å². The molecule has 0 aliphatic rings. The average Bonchev–Trinajstić information content (AvgIpc) is 3.15. The van der Waals surface area contributed by atoms with E-state index >= 15 is 0 Å².